The third kappa shape index (κ3) is 124. The molecule has 4 N–H and O–H groups in total. The van der Waals surface area contributed by atoms with Crippen LogP contribution in [-0.2, 0) is 0 Å². The van der Waals surface area contributed by atoms with Crippen molar-refractivity contribution in [1.82, 2.24) is 0 Å². The van der Waals surface area contributed by atoms with Gasteiger partial charge in [-0.15, -0.1) is 0 Å². The van der Waals surface area contributed by atoms with E-state index in [0.717, 1.165) is 0 Å². The van der Waals surface area contributed by atoms with E-state index in [-0.39, 0.29) is 0 Å². The summed E-state index contributed by atoms with van der Waals surface area (Å²) in [7, 11) is 3.96. The van der Waals surface area contributed by atoms with Crippen LogP contribution >= 0.6 is 10.6 Å². The van der Waals surface area contributed by atoms with Gasteiger partial charge in [0.1, 0.15) is 0 Å². The summed E-state index contributed by atoms with van der Waals surface area (Å²) in [6.45, 7) is 0. The van der Waals surface area contributed by atoms with Crippen molar-refractivity contribution in [3.63, 3.8) is 0 Å². The Morgan fingerprint density at radius 3 is 1.33 bits per heavy atom. The molecule has 0 aliphatic carbocycles. The van der Waals surface area contributed by atoms with Gasteiger partial charge in [0, 0.05) is 0 Å². The average Bonchev–Trinajstić information content (AvgIpc) is 1.41. The summed E-state index contributed by atoms with van der Waals surface area (Å²) in [4.78, 5) is 0. The molecule has 0 aromatic heterocycles. The zero-order valence-electron chi connectivity index (χ0n) is 2.88. The molecule has 0 saturated heterocycles. The van der Waals surface area contributed by atoms with Crippen LogP contribution in [0.3, 0.4) is 0 Å². The molecular formula is CH4N2SSe2. The van der Waals surface area contributed by atoms with E-state index in [1.807, 2.05) is 0 Å². The Kier molecular flexibility index (Phi) is 15.2. The third-order valence-corrected chi connectivity index (χ3v) is 0. The van der Waals surface area contributed by atoms with Crippen molar-refractivity contribution < 1.29 is 0 Å². The molecule has 0 radical (unpaired) electrons. The number of rotatable bonds is 0. The van der Waals surface area contributed by atoms with Gasteiger partial charge in [-0.05, 0) is 0 Å². The fourth-order valence-electron chi connectivity index (χ4n) is 0. The van der Waals surface area contributed by atoms with Gasteiger partial charge < -0.3 is 0 Å². The fraction of sp³-hybridized carbons (Fsp3) is 0. The van der Waals surface area contributed by atoms with Crippen LogP contribution in [0.2, 0.25) is 0 Å². The van der Waals surface area contributed by atoms with Gasteiger partial charge in [-0.2, -0.15) is 0 Å². The quantitative estimate of drug-likeness (QED) is 0.498. The monoisotopic (exact) mass is 236 g/mol. The van der Waals surface area contributed by atoms with E-state index >= 15 is 0 Å². The Bertz CT molecular complexity index is 42.8. The summed E-state index contributed by atoms with van der Waals surface area (Å²) in [5.41, 5.74) is 9.50. The first kappa shape index (κ1) is 9.88. The molecule has 0 rings (SSSR count). The van der Waals surface area contributed by atoms with Crippen molar-refractivity contribution in [2.75, 3.05) is 0 Å². The van der Waals surface area contributed by atoms with E-state index in [9.17, 15) is 0 Å². The Morgan fingerprint density at radius 1 is 1.33 bits per heavy atom. The van der Waals surface area contributed by atoms with E-state index in [1.165, 1.54) is 0 Å². The van der Waals surface area contributed by atoms with Crippen LogP contribution in [0.25, 0.3) is 0 Å². The average molecular weight is 234 g/mol. The Balaban J connectivity index is 0. The molecule has 0 aromatic carbocycles. The summed E-state index contributed by atoms with van der Waals surface area (Å²) in [6, 6.07) is 0. The molecule has 36 valence electrons. The molecule has 0 aromatic rings. The maximum atomic E-state index is 4.75. The minimum atomic E-state index is 0.292. The van der Waals surface area contributed by atoms with E-state index in [1.54, 1.807) is 0 Å². The summed E-state index contributed by atoms with van der Waals surface area (Å²) in [5.74, 6) is 0. The third-order valence-electron chi connectivity index (χ3n) is 0. The molecule has 0 aliphatic rings. The molecule has 0 fully saturated rings. The van der Waals surface area contributed by atoms with Gasteiger partial charge in [0.25, 0.3) is 0 Å². The normalized spacial score (nSPS) is 4.67. The van der Waals surface area contributed by atoms with Crippen LogP contribution in [-0.4, -0.2) is 34.6 Å². The van der Waals surface area contributed by atoms with Gasteiger partial charge in [-0.1, -0.05) is 0 Å². The van der Waals surface area contributed by atoms with Gasteiger partial charge in [0.15, 0.2) is 0 Å². The van der Waals surface area contributed by atoms with Crippen molar-refractivity contribution in [1.29, 1.82) is 0 Å². The van der Waals surface area contributed by atoms with E-state index < -0.39 is 0 Å². The number of nitrogens with two attached hydrogens (primary N) is 2. The standard InChI is InChI=1S/CH4N2Se.SSe/c2-1(3)4;1-2/h(H4,2,3,4);. The van der Waals surface area contributed by atoms with Crippen molar-refractivity contribution in [3.8, 4) is 0 Å². The second-order valence-electron chi connectivity index (χ2n) is 0.402. The van der Waals surface area contributed by atoms with E-state index in [0.29, 0.717) is 4.67 Å². The van der Waals surface area contributed by atoms with Crippen molar-refractivity contribution in [2.45, 2.75) is 0 Å². The molecule has 5 heteroatoms. The molecule has 0 aliphatic heterocycles. The molecule has 6 heavy (non-hydrogen) atoms. The van der Waals surface area contributed by atoms with Crippen LogP contribution in [0.4, 0.5) is 0 Å². The second kappa shape index (κ2) is 9.21. The van der Waals surface area contributed by atoms with E-state index in [2.05, 4.69) is 40.5 Å². The topological polar surface area (TPSA) is 52.0 Å². The zero-order valence-corrected chi connectivity index (χ0v) is 7.12. The van der Waals surface area contributed by atoms with Crippen LogP contribution in [0.5, 0.6) is 0 Å². The number of hydrogen-bond donors (Lipinski definition) is 2. The molecule has 2 nitrogen and oxygen atoms in total. The molecule has 0 atom stereocenters. The minimum absolute atomic E-state index is 0.292. The van der Waals surface area contributed by atoms with Crippen LogP contribution in [0.1, 0.15) is 0 Å². The molecule has 0 unspecified atom stereocenters. The fourth-order valence-corrected chi connectivity index (χ4v) is 0. The first-order valence-corrected chi connectivity index (χ1v) is 4.24. The number of hydrogen-bond acceptors (Lipinski definition) is 3. The Labute approximate surface area is 56.7 Å². The van der Waals surface area contributed by atoms with Crippen molar-refractivity contribution in [3.05, 3.63) is 0 Å². The predicted molar refractivity (Wildman–Crippen MR) is 32.5 cm³/mol. The molecule has 0 saturated carbocycles. The Hall–Kier alpha value is 0.729. The van der Waals surface area contributed by atoms with Crippen LogP contribution in [0, 0.1) is 0 Å². The van der Waals surface area contributed by atoms with Gasteiger partial charge in [0.05, 0.1) is 0 Å². The van der Waals surface area contributed by atoms with Crippen LogP contribution < -0.4 is 11.5 Å². The molecule has 0 bridgehead atoms. The van der Waals surface area contributed by atoms with Gasteiger partial charge in [-0.3, -0.25) is 0 Å². The first-order chi connectivity index (χ1) is 2.73. The van der Waals surface area contributed by atoms with Gasteiger partial charge in [0.2, 0.25) is 0 Å². The van der Waals surface area contributed by atoms with E-state index in [4.69, 9.17) is 11.5 Å². The summed E-state index contributed by atoms with van der Waals surface area (Å²) in [5, 5.41) is 0. The summed E-state index contributed by atoms with van der Waals surface area (Å²) >= 11 is 4.58. The molecular weight excluding hydrogens is 230 g/mol. The zero-order chi connectivity index (χ0) is 5.58. The van der Waals surface area contributed by atoms with Crippen molar-refractivity contribution >= 4 is 45.2 Å². The molecule has 0 heterocycles. The van der Waals surface area contributed by atoms with Crippen molar-refractivity contribution in [2.24, 2.45) is 11.5 Å². The second-order valence-corrected chi connectivity index (χ2v) is 1.39. The summed E-state index contributed by atoms with van der Waals surface area (Å²) < 4.78 is 0.292. The molecule has 0 spiro atoms. The summed E-state index contributed by atoms with van der Waals surface area (Å²) in [6.07, 6.45) is 0. The predicted octanol–water partition coefficient (Wildman–Crippen LogP) is -1.57. The van der Waals surface area contributed by atoms with Crippen LogP contribution in [0.15, 0.2) is 0 Å². The maximum absolute atomic E-state index is 4.75. The van der Waals surface area contributed by atoms with Gasteiger partial charge in [-0.25, -0.2) is 0 Å². The van der Waals surface area contributed by atoms with Gasteiger partial charge >= 0.3 is 56.6 Å². The SMILES string of the molecule is NC(N)=[Se].S=[Se]. The molecule has 0 amide bonds. The Morgan fingerprint density at radius 2 is 1.33 bits per heavy atom. The first-order valence-electron chi connectivity index (χ1n) is 0.948.